The molecular formula is C7H5N3+. The molecule has 2 rings (SSSR count). The average molecular weight is 131 g/mol. The van der Waals surface area contributed by atoms with Gasteiger partial charge in [0.25, 0.3) is 0 Å². The van der Waals surface area contributed by atoms with Gasteiger partial charge in [-0.25, -0.2) is 0 Å². The van der Waals surface area contributed by atoms with Crippen molar-refractivity contribution in [3.8, 4) is 0 Å². The lowest BCUT2D eigenvalue weighted by atomic mass is 10.2. The second-order valence-electron chi connectivity index (χ2n) is 1.99. The number of rotatable bonds is 0. The van der Waals surface area contributed by atoms with Crippen molar-refractivity contribution < 1.29 is 0 Å². The van der Waals surface area contributed by atoms with Crippen LogP contribution in [0.1, 0.15) is 5.56 Å². The minimum Gasteiger partial charge on any atom is -0.0612 e. The molecule has 0 N–H and O–H groups in total. The second kappa shape index (κ2) is 2.02. The van der Waals surface area contributed by atoms with Crippen LogP contribution in [0.25, 0.3) is 0 Å². The molecule has 3 heteroatoms. The van der Waals surface area contributed by atoms with Gasteiger partial charge in [-0.2, -0.15) is 0 Å². The Morgan fingerprint density at radius 1 is 1.20 bits per heavy atom. The summed E-state index contributed by atoms with van der Waals surface area (Å²) in [6, 6.07) is 7.74. The van der Waals surface area contributed by atoms with Crippen molar-refractivity contribution in [2.45, 2.75) is 0 Å². The summed E-state index contributed by atoms with van der Waals surface area (Å²) >= 11 is 0. The summed E-state index contributed by atoms with van der Waals surface area (Å²) in [7, 11) is 0. The molecule has 1 aromatic carbocycles. The maximum atomic E-state index is 3.82. The standard InChI is InChI=1S/C7H5N3/c1-2-4-7-6(3-1)5-8-10-9-7/h1-5H/q+1. The highest BCUT2D eigenvalue weighted by molar-refractivity contribution is 5.86. The molecule has 1 aliphatic heterocycles. The van der Waals surface area contributed by atoms with Crippen molar-refractivity contribution in [3.05, 3.63) is 29.8 Å². The van der Waals surface area contributed by atoms with E-state index >= 15 is 0 Å². The van der Waals surface area contributed by atoms with Gasteiger partial charge in [0, 0.05) is 0 Å². The van der Waals surface area contributed by atoms with Crippen LogP contribution in [0.5, 0.6) is 0 Å². The number of benzene rings is 1. The van der Waals surface area contributed by atoms with Crippen LogP contribution in [0.3, 0.4) is 0 Å². The zero-order valence-electron chi connectivity index (χ0n) is 5.23. The van der Waals surface area contributed by atoms with E-state index < -0.39 is 0 Å². The van der Waals surface area contributed by atoms with Crippen molar-refractivity contribution in [2.24, 2.45) is 10.3 Å². The first-order chi connectivity index (χ1) is 4.97. The predicted octanol–water partition coefficient (Wildman–Crippen LogP) is 1.45. The molecule has 0 amide bonds. The van der Waals surface area contributed by atoms with E-state index in [9.17, 15) is 0 Å². The number of hydrogen-bond donors (Lipinski definition) is 0. The van der Waals surface area contributed by atoms with Crippen molar-refractivity contribution >= 4 is 11.9 Å². The maximum absolute atomic E-state index is 3.82. The van der Waals surface area contributed by atoms with E-state index in [1.165, 1.54) is 0 Å². The monoisotopic (exact) mass is 131 g/mol. The fourth-order valence-corrected chi connectivity index (χ4v) is 0.850. The van der Waals surface area contributed by atoms with Crippen LogP contribution in [-0.4, -0.2) is 6.21 Å². The Balaban J connectivity index is 2.65. The fraction of sp³-hybridized carbons (Fsp3) is 0. The molecule has 10 heavy (non-hydrogen) atoms. The van der Waals surface area contributed by atoms with E-state index in [1.807, 2.05) is 24.3 Å². The van der Waals surface area contributed by atoms with Crippen molar-refractivity contribution in [2.75, 3.05) is 0 Å². The molecule has 0 fully saturated rings. The molecule has 0 spiro atoms. The van der Waals surface area contributed by atoms with Crippen LogP contribution in [0.15, 0.2) is 34.6 Å². The highest BCUT2D eigenvalue weighted by atomic mass is 15.4. The maximum Gasteiger partial charge on any atom is 0.214 e. The van der Waals surface area contributed by atoms with E-state index in [0.29, 0.717) is 0 Å². The van der Waals surface area contributed by atoms with Gasteiger partial charge in [-0.15, -0.1) is 0 Å². The minimum absolute atomic E-state index is 0.887. The predicted molar refractivity (Wildman–Crippen MR) is 38.3 cm³/mol. The van der Waals surface area contributed by atoms with Crippen LogP contribution in [-0.2, 0) is 0 Å². The van der Waals surface area contributed by atoms with Crippen molar-refractivity contribution in [1.82, 2.24) is 5.11 Å². The Hall–Kier alpha value is -1.51. The lowest BCUT2D eigenvalue weighted by molar-refractivity contribution is 0.966. The zero-order chi connectivity index (χ0) is 6.81. The first-order valence-electron chi connectivity index (χ1n) is 3.00. The van der Waals surface area contributed by atoms with E-state index in [-0.39, 0.29) is 0 Å². The Morgan fingerprint density at radius 2 is 2.10 bits per heavy atom. The summed E-state index contributed by atoms with van der Waals surface area (Å²) in [5, 5.41) is 11.0. The van der Waals surface area contributed by atoms with E-state index in [0.717, 1.165) is 11.3 Å². The molecule has 1 radical (unpaired) electrons. The van der Waals surface area contributed by atoms with Gasteiger partial charge in [0.15, 0.2) is 11.4 Å². The Kier molecular flexibility index (Phi) is 1.07. The Labute approximate surface area is 58.1 Å². The first kappa shape index (κ1) is 5.29. The minimum atomic E-state index is 0.887. The van der Waals surface area contributed by atoms with Gasteiger partial charge in [-0.1, -0.05) is 12.1 Å². The van der Waals surface area contributed by atoms with Crippen LogP contribution >= 0.6 is 0 Å². The first-order valence-corrected chi connectivity index (χ1v) is 3.00. The molecule has 0 aliphatic carbocycles. The molecule has 1 aliphatic rings. The Morgan fingerprint density at radius 3 is 3.00 bits per heavy atom. The van der Waals surface area contributed by atoms with Gasteiger partial charge < -0.3 is 0 Å². The molecule has 47 valence electrons. The van der Waals surface area contributed by atoms with E-state index in [2.05, 4.69) is 15.4 Å². The van der Waals surface area contributed by atoms with Crippen molar-refractivity contribution in [1.29, 1.82) is 0 Å². The van der Waals surface area contributed by atoms with Gasteiger partial charge in [-0.05, 0) is 12.1 Å². The molecule has 1 heterocycles. The third-order valence-corrected chi connectivity index (χ3v) is 1.34. The van der Waals surface area contributed by atoms with Gasteiger partial charge in [0.1, 0.15) is 0 Å². The lowest BCUT2D eigenvalue weighted by Gasteiger charge is -1.89. The van der Waals surface area contributed by atoms with Gasteiger partial charge in [0.2, 0.25) is 5.69 Å². The normalized spacial score (nSPS) is 13.2. The SMILES string of the molecule is C1=NN=[N+]c2ccccc21. The second-order valence-corrected chi connectivity index (χ2v) is 1.99. The van der Waals surface area contributed by atoms with Crippen molar-refractivity contribution in [3.63, 3.8) is 0 Å². The van der Waals surface area contributed by atoms with Gasteiger partial charge >= 0.3 is 0 Å². The Bertz CT molecular complexity index is 270. The summed E-state index contributed by atoms with van der Waals surface area (Å²) < 4.78 is 0. The van der Waals surface area contributed by atoms with Gasteiger partial charge in [-0.3, -0.25) is 0 Å². The fourth-order valence-electron chi connectivity index (χ4n) is 0.850. The van der Waals surface area contributed by atoms with Crippen LogP contribution in [0.2, 0.25) is 0 Å². The largest absolute Gasteiger partial charge is 0.214 e. The summed E-state index contributed by atoms with van der Waals surface area (Å²) in [4.78, 5) is 0. The van der Waals surface area contributed by atoms with E-state index in [1.54, 1.807) is 6.21 Å². The molecule has 3 nitrogen and oxygen atoms in total. The molecule has 0 saturated heterocycles. The van der Waals surface area contributed by atoms with Crippen LogP contribution < -0.4 is 5.11 Å². The number of fused-ring (bicyclic) bond motifs is 1. The molecule has 0 bridgehead atoms. The molecule has 0 saturated carbocycles. The quantitative estimate of drug-likeness (QED) is 0.511. The smallest absolute Gasteiger partial charge is 0.0612 e. The summed E-state index contributed by atoms with van der Waals surface area (Å²) in [5.41, 5.74) is 1.91. The lowest BCUT2D eigenvalue weighted by Crippen LogP contribution is -1.90. The average Bonchev–Trinajstić information content (AvgIpc) is 2.05. The molecule has 0 atom stereocenters. The zero-order valence-corrected chi connectivity index (χ0v) is 5.23. The summed E-state index contributed by atoms with van der Waals surface area (Å²) in [5.74, 6) is 0. The molecule has 1 aromatic rings. The topological polar surface area (TPSA) is 38.8 Å². The summed E-state index contributed by atoms with van der Waals surface area (Å²) in [6.07, 6.45) is 1.70. The highest BCUT2D eigenvalue weighted by Gasteiger charge is 2.09. The van der Waals surface area contributed by atoms with E-state index in [4.69, 9.17) is 0 Å². The molecule has 0 unspecified atom stereocenters. The number of hydrogen-bond acceptors (Lipinski definition) is 3. The number of nitrogens with zero attached hydrogens (tertiary/aromatic N) is 3. The third-order valence-electron chi connectivity index (χ3n) is 1.34. The highest BCUT2D eigenvalue weighted by Crippen LogP contribution is 2.13. The molecular weight excluding hydrogens is 126 g/mol. The summed E-state index contributed by atoms with van der Waals surface area (Å²) in [6.45, 7) is 0. The van der Waals surface area contributed by atoms with Crippen LogP contribution in [0.4, 0.5) is 5.69 Å². The third kappa shape index (κ3) is 0.719. The molecule has 0 aromatic heterocycles. The van der Waals surface area contributed by atoms with Crippen LogP contribution in [0, 0.1) is 0 Å². The van der Waals surface area contributed by atoms with Gasteiger partial charge in [0.05, 0.1) is 15.8 Å².